The molecule has 0 fully saturated rings. The normalized spacial score (nSPS) is 14.5. The minimum atomic E-state index is -0.917. The second-order valence-corrected chi connectivity index (χ2v) is 4.30. The molecule has 16 heavy (non-hydrogen) atoms. The zero-order valence-corrected chi connectivity index (χ0v) is 10.0. The van der Waals surface area contributed by atoms with Gasteiger partial charge in [0.05, 0.1) is 17.1 Å². The number of hydrogen-bond acceptors (Lipinski definition) is 5. The minimum absolute atomic E-state index is 0.135. The van der Waals surface area contributed by atoms with Gasteiger partial charge in [-0.15, -0.1) is 0 Å². The lowest BCUT2D eigenvalue weighted by Crippen LogP contribution is -2.23. The molecule has 2 atom stereocenters. The van der Waals surface area contributed by atoms with Gasteiger partial charge in [0, 0.05) is 16.1 Å². The summed E-state index contributed by atoms with van der Waals surface area (Å²) in [6.45, 7) is 1.44. The van der Waals surface area contributed by atoms with Crippen LogP contribution in [0.3, 0.4) is 0 Å². The number of rotatable bonds is 3. The maximum atomic E-state index is 10.6. The van der Waals surface area contributed by atoms with Crippen LogP contribution in [0.5, 0.6) is 5.75 Å². The van der Waals surface area contributed by atoms with Crippen molar-refractivity contribution >= 4 is 21.6 Å². The number of aliphatic hydroxyl groups is 1. The zero-order chi connectivity index (χ0) is 12.5. The Morgan fingerprint density at radius 1 is 1.56 bits per heavy atom. The van der Waals surface area contributed by atoms with Gasteiger partial charge in [-0.3, -0.25) is 10.1 Å². The predicted octanol–water partition coefficient (Wildman–Crippen LogP) is 1.44. The van der Waals surface area contributed by atoms with E-state index in [4.69, 9.17) is 5.73 Å². The highest BCUT2D eigenvalue weighted by Gasteiger charge is 2.24. The highest BCUT2D eigenvalue weighted by atomic mass is 79.9. The Morgan fingerprint density at radius 3 is 2.56 bits per heavy atom. The van der Waals surface area contributed by atoms with Crippen LogP contribution in [0.15, 0.2) is 16.6 Å². The van der Waals surface area contributed by atoms with Crippen LogP contribution < -0.4 is 5.73 Å². The smallest absolute Gasteiger partial charge is 0.312 e. The number of phenolic OH excluding ortho intramolecular Hbond substituents is 1. The molecule has 7 heteroatoms. The zero-order valence-electron chi connectivity index (χ0n) is 8.42. The van der Waals surface area contributed by atoms with Crippen LogP contribution in [0.1, 0.15) is 18.5 Å². The van der Waals surface area contributed by atoms with Crippen molar-refractivity contribution in [3.63, 3.8) is 0 Å². The lowest BCUT2D eigenvalue weighted by Gasteiger charge is -2.16. The molecule has 0 saturated heterocycles. The lowest BCUT2D eigenvalue weighted by molar-refractivity contribution is -0.386. The predicted molar refractivity (Wildman–Crippen MR) is 61.1 cm³/mol. The molecule has 0 amide bonds. The molecular weight excluding hydrogens is 280 g/mol. The van der Waals surface area contributed by atoms with E-state index in [9.17, 15) is 20.3 Å². The monoisotopic (exact) mass is 290 g/mol. The molecule has 0 radical (unpaired) electrons. The van der Waals surface area contributed by atoms with E-state index in [1.165, 1.54) is 19.1 Å². The van der Waals surface area contributed by atoms with Crippen molar-refractivity contribution < 1.29 is 15.1 Å². The van der Waals surface area contributed by atoms with Gasteiger partial charge in [0.2, 0.25) is 0 Å². The molecule has 0 saturated carbocycles. The van der Waals surface area contributed by atoms with E-state index in [1.54, 1.807) is 0 Å². The van der Waals surface area contributed by atoms with Gasteiger partial charge in [-0.25, -0.2) is 0 Å². The number of nitrogens with two attached hydrogens (primary N) is 1. The van der Waals surface area contributed by atoms with Gasteiger partial charge in [0.25, 0.3) is 0 Å². The molecule has 4 N–H and O–H groups in total. The highest BCUT2D eigenvalue weighted by Crippen LogP contribution is 2.36. The van der Waals surface area contributed by atoms with Crippen molar-refractivity contribution in [1.82, 2.24) is 0 Å². The molecule has 0 heterocycles. The molecule has 0 aliphatic rings. The third-order valence-electron chi connectivity index (χ3n) is 2.16. The SMILES string of the molecule is C[C@H](O)[C@H](N)c1cc(Br)cc([N+](=O)[O-])c1O. The number of benzene rings is 1. The molecule has 0 aliphatic heterocycles. The molecule has 1 rings (SSSR count). The molecule has 0 aliphatic carbocycles. The number of phenols is 1. The third-order valence-corrected chi connectivity index (χ3v) is 2.62. The molecule has 1 aromatic carbocycles. The van der Waals surface area contributed by atoms with Crippen LogP contribution in [-0.2, 0) is 0 Å². The average Bonchev–Trinajstić information content (AvgIpc) is 2.19. The summed E-state index contributed by atoms with van der Waals surface area (Å²) in [6, 6.07) is 1.74. The van der Waals surface area contributed by atoms with Gasteiger partial charge < -0.3 is 15.9 Å². The molecule has 0 aromatic heterocycles. The fourth-order valence-corrected chi connectivity index (χ4v) is 1.72. The summed E-state index contributed by atoms with van der Waals surface area (Å²) in [6.07, 6.45) is -0.917. The largest absolute Gasteiger partial charge is 0.502 e. The molecule has 6 nitrogen and oxygen atoms in total. The Bertz CT molecular complexity index is 422. The summed E-state index contributed by atoms with van der Waals surface area (Å²) in [7, 11) is 0. The maximum Gasteiger partial charge on any atom is 0.312 e. The summed E-state index contributed by atoms with van der Waals surface area (Å²) in [5.41, 5.74) is 5.31. The van der Waals surface area contributed by atoms with Crippen molar-refractivity contribution in [3.8, 4) is 5.75 Å². The number of nitro benzene ring substituents is 1. The second kappa shape index (κ2) is 4.77. The van der Waals surface area contributed by atoms with Crippen LogP contribution in [-0.4, -0.2) is 21.2 Å². The summed E-state index contributed by atoms with van der Waals surface area (Å²) in [5, 5.41) is 29.6. The van der Waals surface area contributed by atoms with E-state index in [0.29, 0.717) is 4.47 Å². The Balaban J connectivity index is 3.35. The first kappa shape index (κ1) is 12.9. The summed E-state index contributed by atoms with van der Waals surface area (Å²) in [5.74, 6) is -0.512. The van der Waals surface area contributed by atoms with Crippen LogP contribution in [0.2, 0.25) is 0 Å². The van der Waals surface area contributed by atoms with Gasteiger partial charge in [-0.1, -0.05) is 15.9 Å². The van der Waals surface area contributed by atoms with E-state index in [1.807, 2.05) is 0 Å². The summed E-state index contributed by atoms with van der Waals surface area (Å²) in [4.78, 5) is 9.93. The van der Waals surface area contributed by atoms with E-state index in [0.717, 1.165) is 0 Å². The number of halogens is 1. The standard InChI is InChI=1S/C9H11BrN2O4/c1-4(13)8(11)6-2-5(10)3-7(9(6)14)12(15)16/h2-4,8,13-14H,11H2,1H3/t4-,8-/m0/s1. The van der Waals surface area contributed by atoms with Crippen molar-refractivity contribution in [2.45, 2.75) is 19.1 Å². The summed E-state index contributed by atoms with van der Waals surface area (Å²) < 4.78 is 0.420. The second-order valence-electron chi connectivity index (χ2n) is 3.39. The average molecular weight is 291 g/mol. The van der Waals surface area contributed by atoms with Crippen molar-refractivity contribution in [3.05, 3.63) is 32.3 Å². The fourth-order valence-electron chi connectivity index (χ4n) is 1.26. The Morgan fingerprint density at radius 2 is 2.12 bits per heavy atom. The van der Waals surface area contributed by atoms with Crippen LogP contribution in [0.4, 0.5) is 5.69 Å². The topological polar surface area (TPSA) is 110 Å². The van der Waals surface area contributed by atoms with E-state index in [2.05, 4.69) is 15.9 Å². The van der Waals surface area contributed by atoms with Crippen molar-refractivity contribution in [1.29, 1.82) is 0 Å². The molecule has 0 unspecified atom stereocenters. The first-order valence-electron chi connectivity index (χ1n) is 4.45. The van der Waals surface area contributed by atoms with Crippen molar-refractivity contribution in [2.24, 2.45) is 5.73 Å². The lowest BCUT2D eigenvalue weighted by atomic mass is 10.0. The number of nitrogens with zero attached hydrogens (tertiary/aromatic N) is 1. The molecule has 0 bridgehead atoms. The third kappa shape index (κ3) is 2.49. The van der Waals surface area contributed by atoms with E-state index in [-0.39, 0.29) is 5.56 Å². The number of nitro groups is 1. The molecular formula is C9H11BrN2O4. The van der Waals surface area contributed by atoms with Crippen molar-refractivity contribution in [2.75, 3.05) is 0 Å². The van der Waals surface area contributed by atoms with Gasteiger partial charge >= 0.3 is 5.69 Å². The number of aliphatic hydroxyl groups excluding tert-OH is 1. The Hall–Kier alpha value is -1.18. The van der Waals surface area contributed by atoms with Gasteiger partial charge in [0.15, 0.2) is 5.75 Å². The highest BCUT2D eigenvalue weighted by molar-refractivity contribution is 9.10. The van der Waals surface area contributed by atoms with E-state index < -0.39 is 28.5 Å². The quantitative estimate of drug-likeness (QED) is 0.576. The van der Waals surface area contributed by atoms with Crippen LogP contribution in [0, 0.1) is 10.1 Å². The molecule has 1 aromatic rings. The first-order valence-corrected chi connectivity index (χ1v) is 5.24. The number of hydrogen-bond donors (Lipinski definition) is 3. The van der Waals surface area contributed by atoms with Crippen LogP contribution in [0.25, 0.3) is 0 Å². The summed E-state index contributed by atoms with van der Waals surface area (Å²) >= 11 is 3.08. The van der Waals surface area contributed by atoms with Gasteiger partial charge in [-0.05, 0) is 13.0 Å². The van der Waals surface area contributed by atoms with Crippen LogP contribution >= 0.6 is 15.9 Å². The first-order chi connectivity index (χ1) is 7.34. The number of aromatic hydroxyl groups is 1. The minimum Gasteiger partial charge on any atom is -0.502 e. The Labute approximate surface area is 100.0 Å². The van der Waals surface area contributed by atoms with Gasteiger partial charge in [-0.2, -0.15) is 0 Å². The maximum absolute atomic E-state index is 10.6. The van der Waals surface area contributed by atoms with Gasteiger partial charge in [0.1, 0.15) is 0 Å². The molecule has 0 spiro atoms. The molecule has 88 valence electrons. The Kier molecular flexibility index (Phi) is 3.84. The fraction of sp³-hybridized carbons (Fsp3) is 0.333. The van der Waals surface area contributed by atoms with E-state index >= 15 is 0 Å².